The van der Waals surface area contributed by atoms with Crippen LogP contribution < -0.4 is 0 Å². The molecule has 0 aliphatic rings. The van der Waals surface area contributed by atoms with Gasteiger partial charge in [-0.05, 0) is 19.8 Å². The molecule has 0 aromatic carbocycles. The van der Waals surface area contributed by atoms with Crippen LogP contribution in [0.5, 0.6) is 0 Å². The van der Waals surface area contributed by atoms with E-state index >= 15 is 0 Å². The van der Waals surface area contributed by atoms with E-state index in [1.54, 1.807) is 0 Å². The monoisotopic (exact) mass is 286 g/mol. The van der Waals surface area contributed by atoms with Crippen molar-refractivity contribution in [1.29, 1.82) is 0 Å². The molecule has 2 nitrogen and oxygen atoms in total. The molecule has 122 valence electrons. The second kappa shape index (κ2) is 13.9. The molecule has 0 aromatic heterocycles. The Hall–Kier alpha value is -0.0800. The highest BCUT2D eigenvalue weighted by molar-refractivity contribution is 4.71. The van der Waals surface area contributed by atoms with E-state index in [9.17, 15) is 5.11 Å². The van der Waals surface area contributed by atoms with Crippen molar-refractivity contribution in [1.82, 2.24) is 0 Å². The molecular weight excluding hydrogens is 248 g/mol. The first-order valence-corrected chi connectivity index (χ1v) is 8.95. The van der Waals surface area contributed by atoms with Gasteiger partial charge in [0.05, 0.1) is 5.60 Å². The van der Waals surface area contributed by atoms with E-state index in [1.807, 2.05) is 6.92 Å². The maximum Gasteiger partial charge on any atom is 0.0641 e. The predicted octanol–water partition coefficient (Wildman–Crippen LogP) is 5.21. The van der Waals surface area contributed by atoms with Crippen molar-refractivity contribution in [3.8, 4) is 0 Å². The lowest BCUT2D eigenvalue weighted by Crippen LogP contribution is -2.25. The summed E-state index contributed by atoms with van der Waals surface area (Å²) in [5.41, 5.74) is -0.659. The van der Waals surface area contributed by atoms with Gasteiger partial charge in [0.25, 0.3) is 0 Å². The average molecular weight is 286 g/mol. The molecule has 0 rings (SSSR count). The van der Waals surface area contributed by atoms with E-state index in [-0.39, 0.29) is 6.61 Å². The third kappa shape index (κ3) is 14.3. The van der Waals surface area contributed by atoms with Gasteiger partial charge in [0, 0.05) is 6.61 Å². The first-order valence-electron chi connectivity index (χ1n) is 8.95. The van der Waals surface area contributed by atoms with Gasteiger partial charge in [0.1, 0.15) is 0 Å². The summed E-state index contributed by atoms with van der Waals surface area (Å²) in [6.45, 7) is 4.19. The van der Waals surface area contributed by atoms with Crippen LogP contribution >= 0.6 is 0 Å². The quantitative estimate of drug-likeness (QED) is 0.406. The lowest BCUT2D eigenvalue weighted by atomic mass is 9.94. The van der Waals surface area contributed by atoms with Crippen molar-refractivity contribution in [3.05, 3.63) is 0 Å². The van der Waals surface area contributed by atoms with Gasteiger partial charge in [-0.3, -0.25) is 0 Å². The third-order valence-corrected chi connectivity index (χ3v) is 4.22. The Kier molecular flexibility index (Phi) is 13.8. The van der Waals surface area contributed by atoms with Gasteiger partial charge in [-0.2, -0.15) is 0 Å². The molecule has 2 heteroatoms. The lowest BCUT2D eigenvalue weighted by Gasteiger charge is -2.21. The summed E-state index contributed by atoms with van der Waals surface area (Å²) in [6.07, 6.45) is 17.5. The minimum atomic E-state index is -0.659. The summed E-state index contributed by atoms with van der Waals surface area (Å²) in [5, 5.41) is 18.7. The topological polar surface area (TPSA) is 40.5 Å². The fourth-order valence-corrected chi connectivity index (χ4v) is 2.71. The molecule has 2 N–H and O–H groups in total. The van der Waals surface area contributed by atoms with Crippen molar-refractivity contribution in [2.45, 2.75) is 109 Å². The van der Waals surface area contributed by atoms with Crippen LogP contribution in [0.25, 0.3) is 0 Å². The summed E-state index contributed by atoms with van der Waals surface area (Å²) in [6, 6.07) is 0. The number of aliphatic hydroxyl groups is 2. The molecule has 0 heterocycles. The first-order chi connectivity index (χ1) is 9.62. The smallest absolute Gasteiger partial charge is 0.0641 e. The zero-order valence-corrected chi connectivity index (χ0v) is 14.0. The molecule has 1 atom stereocenters. The third-order valence-electron chi connectivity index (χ3n) is 4.22. The Morgan fingerprint density at radius 3 is 1.45 bits per heavy atom. The fourth-order valence-electron chi connectivity index (χ4n) is 2.71. The van der Waals surface area contributed by atoms with E-state index in [0.717, 1.165) is 12.8 Å². The Bertz CT molecular complexity index is 190. The highest BCUT2D eigenvalue weighted by atomic mass is 16.3. The first kappa shape index (κ1) is 19.9. The standard InChI is InChI=1S/C18H38O2/c1-3-4-5-6-7-8-9-10-11-12-13-14-15-18(2,20)16-17-19/h19-20H,3-17H2,1-2H3. The van der Waals surface area contributed by atoms with Gasteiger partial charge in [-0.1, -0.05) is 84.0 Å². The van der Waals surface area contributed by atoms with Gasteiger partial charge in [-0.25, -0.2) is 0 Å². The van der Waals surface area contributed by atoms with Crippen LogP contribution in [-0.2, 0) is 0 Å². The van der Waals surface area contributed by atoms with Crippen LogP contribution in [0.4, 0.5) is 0 Å². The molecule has 0 fully saturated rings. The molecule has 0 bridgehead atoms. The molecule has 0 saturated carbocycles. The fraction of sp³-hybridized carbons (Fsp3) is 1.00. The van der Waals surface area contributed by atoms with E-state index in [0.29, 0.717) is 6.42 Å². The van der Waals surface area contributed by atoms with Crippen molar-refractivity contribution >= 4 is 0 Å². The molecule has 0 amide bonds. The minimum absolute atomic E-state index is 0.0885. The highest BCUT2D eigenvalue weighted by Crippen LogP contribution is 2.19. The highest BCUT2D eigenvalue weighted by Gasteiger charge is 2.18. The van der Waals surface area contributed by atoms with E-state index in [4.69, 9.17) is 5.11 Å². The predicted molar refractivity (Wildman–Crippen MR) is 88.0 cm³/mol. The Morgan fingerprint density at radius 1 is 0.650 bits per heavy atom. The van der Waals surface area contributed by atoms with Crippen LogP contribution in [0.15, 0.2) is 0 Å². The van der Waals surface area contributed by atoms with Gasteiger partial charge in [0.2, 0.25) is 0 Å². The number of hydrogen-bond donors (Lipinski definition) is 2. The Balaban J connectivity index is 3.13. The normalized spacial score (nSPS) is 14.4. The van der Waals surface area contributed by atoms with Gasteiger partial charge >= 0.3 is 0 Å². The molecule has 0 aliphatic heterocycles. The van der Waals surface area contributed by atoms with Crippen LogP contribution in [-0.4, -0.2) is 22.4 Å². The Morgan fingerprint density at radius 2 is 1.05 bits per heavy atom. The van der Waals surface area contributed by atoms with Crippen molar-refractivity contribution in [3.63, 3.8) is 0 Å². The molecule has 0 aromatic rings. The van der Waals surface area contributed by atoms with Crippen molar-refractivity contribution in [2.75, 3.05) is 6.61 Å². The average Bonchev–Trinajstić information content (AvgIpc) is 2.40. The van der Waals surface area contributed by atoms with Crippen LogP contribution in [0.2, 0.25) is 0 Å². The van der Waals surface area contributed by atoms with Gasteiger partial charge in [0.15, 0.2) is 0 Å². The second-order valence-corrected chi connectivity index (χ2v) is 6.61. The molecule has 20 heavy (non-hydrogen) atoms. The second-order valence-electron chi connectivity index (χ2n) is 6.61. The number of aliphatic hydroxyl groups excluding tert-OH is 1. The molecule has 1 unspecified atom stereocenters. The van der Waals surface area contributed by atoms with Crippen LogP contribution in [0.1, 0.15) is 104 Å². The lowest BCUT2D eigenvalue weighted by molar-refractivity contribution is 0.0232. The summed E-state index contributed by atoms with van der Waals surface area (Å²) in [4.78, 5) is 0. The van der Waals surface area contributed by atoms with Crippen molar-refractivity contribution in [2.24, 2.45) is 0 Å². The molecule has 0 spiro atoms. The van der Waals surface area contributed by atoms with Gasteiger partial charge in [-0.15, -0.1) is 0 Å². The molecular formula is C18H38O2. The maximum absolute atomic E-state index is 9.92. The molecule has 0 radical (unpaired) electrons. The maximum atomic E-state index is 9.92. The summed E-state index contributed by atoms with van der Waals surface area (Å²) >= 11 is 0. The zero-order valence-electron chi connectivity index (χ0n) is 14.0. The summed E-state index contributed by atoms with van der Waals surface area (Å²) in [5.74, 6) is 0. The number of hydrogen-bond acceptors (Lipinski definition) is 2. The molecule has 0 aliphatic carbocycles. The zero-order chi connectivity index (χ0) is 15.1. The van der Waals surface area contributed by atoms with Crippen molar-refractivity contribution < 1.29 is 10.2 Å². The van der Waals surface area contributed by atoms with E-state index < -0.39 is 5.60 Å². The Labute approximate surface area is 127 Å². The van der Waals surface area contributed by atoms with Crippen LogP contribution in [0, 0.1) is 0 Å². The summed E-state index contributed by atoms with van der Waals surface area (Å²) < 4.78 is 0. The SMILES string of the molecule is CCCCCCCCCCCCCCC(C)(O)CCO. The van der Waals surface area contributed by atoms with E-state index in [2.05, 4.69) is 6.92 Å². The van der Waals surface area contributed by atoms with Gasteiger partial charge < -0.3 is 10.2 Å². The van der Waals surface area contributed by atoms with E-state index in [1.165, 1.54) is 70.6 Å². The number of unbranched alkanes of at least 4 members (excludes halogenated alkanes) is 11. The number of rotatable bonds is 15. The summed E-state index contributed by atoms with van der Waals surface area (Å²) in [7, 11) is 0. The minimum Gasteiger partial charge on any atom is -0.396 e. The molecule has 0 saturated heterocycles. The largest absolute Gasteiger partial charge is 0.396 e. The van der Waals surface area contributed by atoms with Crippen LogP contribution in [0.3, 0.4) is 0 Å².